The summed E-state index contributed by atoms with van der Waals surface area (Å²) in [5.41, 5.74) is 2.38. The molecular weight excluding hydrogens is 332 g/mol. The summed E-state index contributed by atoms with van der Waals surface area (Å²) in [5.74, 6) is -0.0665. The number of fused-ring (bicyclic) bond motifs is 1. The molecule has 23 heavy (non-hydrogen) atoms. The molecule has 0 saturated carbocycles. The number of hydrogen-bond acceptors (Lipinski definition) is 4. The van der Waals surface area contributed by atoms with Crippen molar-refractivity contribution in [3.63, 3.8) is 0 Å². The summed E-state index contributed by atoms with van der Waals surface area (Å²) in [5, 5.41) is 4.83. The maximum absolute atomic E-state index is 12.1. The van der Waals surface area contributed by atoms with E-state index in [-0.39, 0.29) is 5.91 Å². The zero-order valence-electron chi connectivity index (χ0n) is 12.8. The third-order valence-corrected chi connectivity index (χ3v) is 5.81. The minimum Gasteiger partial charge on any atom is -0.326 e. The van der Waals surface area contributed by atoms with Crippen LogP contribution in [0.5, 0.6) is 0 Å². The molecule has 2 heterocycles. The van der Waals surface area contributed by atoms with Gasteiger partial charge in [-0.1, -0.05) is 6.07 Å². The van der Waals surface area contributed by atoms with Crippen molar-refractivity contribution in [3.05, 3.63) is 46.2 Å². The Bertz CT molecular complexity index is 814. The lowest BCUT2D eigenvalue weighted by Crippen LogP contribution is -2.34. The zero-order valence-corrected chi connectivity index (χ0v) is 14.4. The summed E-state index contributed by atoms with van der Waals surface area (Å²) in [6, 6.07) is 9.26. The van der Waals surface area contributed by atoms with Crippen LogP contribution in [0.3, 0.4) is 0 Å². The van der Waals surface area contributed by atoms with Crippen molar-refractivity contribution in [3.8, 4) is 0 Å². The fourth-order valence-electron chi connectivity index (χ4n) is 2.76. The van der Waals surface area contributed by atoms with E-state index in [1.807, 2.05) is 23.6 Å². The lowest BCUT2D eigenvalue weighted by atomic mass is 10.0. The zero-order chi connectivity index (χ0) is 16.4. The number of nitrogens with zero attached hydrogens (tertiary/aromatic N) is 1. The second-order valence-corrected chi connectivity index (χ2v) is 8.53. The Kier molecular flexibility index (Phi) is 4.41. The van der Waals surface area contributed by atoms with Gasteiger partial charge >= 0.3 is 0 Å². The Morgan fingerprint density at radius 1 is 1.35 bits per heavy atom. The first-order chi connectivity index (χ1) is 10.9. The largest absolute Gasteiger partial charge is 0.326 e. The highest BCUT2D eigenvalue weighted by Gasteiger charge is 2.24. The van der Waals surface area contributed by atoms with Gasteiger partial charge in [-0.15, -0.1) is 11.3 Å². The van der Waals surface area contributed by atoms with Crippen LogP contribution < -0.4 is 9.62 Å². The van der Waals surface area contributed by atoms with Crippen LogP contribution in [-0.2, 0) is 27.7 Å². The molecule has 0 fully saturated rings. The van der Waals surface area contributed by atoms with Crippen molar-refractivity contribution in [2.24, 2.45) is 0 Å². The molecule has 1 aliphatic rings. The van der Waals surface area contributed by atoms with E-state index in [0.29, 0.717) is 18.7 Å². The van der Waals surface area contributed by atoms with E-state index in [1.165, 1.54) is 10.6 Å². The second kappa shape index (κ2) is 6.33. The van der Waals surface area contributed by atoms with Crippen molar-refractivity contribution in [2.75, 3.05) is 22.4 Å². The van der Waals surface area contributed by atoms with E-state index in [2.05, 4.69) is 5.32 Å². The van der Waals surface area contributed by atoms with Crippen LogP contribution in [0.15, 0.2) is 35.7 Å². The first-order valence-corrected chi connectivity index (χ1v) is 10.1. The summed E-state index contributed by atoms with van der Waals surface area (Å²) in [6.07, 6.45) is 3.17. The molecule has 0 saturated heterocycles. The first kappa shape index (κ1) is 16.0. The van der Waals surface area contributed by atoms with Gasteiger partial charge in [-0.2, -0.15) is 0 Å². The average molecular weight is 350 g/mol. The number of thiophene rings is 1. The molecule has 0 spiro atoms. The molecule has 1 aliphatic heterocycles. The van der Waals surface area contributed by atoms with Gasteiger partial charge < -0.3 is 5.32 Å². The minimum absolute atomic E-state index is 0.0665. The Labute approximate surface area is 140 Å². The number of sulfonamides is 1. The lowest BCUT2D eigenvalue weighted by molar-refractivity contribution is -0.115. The third-order valence-electron chi connectivity index (χ3n) is 3.75. The summed E-state index contributed by atoms with van der Waals surface area (Å²) in [7, 11) is -3.26. The molecular formula is C16H18N2O3S2. The molecule has 122 valence electrons. The van der Waals surface area contributed by atoms with Gasteiger partial charge in [0.25, 0.3) is 0 Å². The lowest BCUT2D eigenvalue weighted by Gasteiger charge is -2.29. The average Bonchev–Trinajstić information content (AvgIpc) is 2.98. The van der Waals surface area contributed by atoms with Gasteiger partial charge in [0.2, 0.25) is 15.9 Å². The number of rotatable bonds is 4. The summed E-state index contributed by atoms with van der Waals surface area (Å²) < 4.78 is 25.1. The van der Waals surface area contributed by atoms with Gasteiger partial charge in [0.1, 0.15) is 0 Å². The predicted molar refractivity (Wildman–Crippen MR) is 93.6 cm³/mol. The van der Waals surface area contributed by atoms with Gasteiger partial charge in [-0.05, 0) is 48.1 Å². The standard InChI is InChI=1S/C16H18N2O3S2/c1-23(20,21)18-8-2-4-12-10-13(6-7-15(12)18)17-16(19)11-14-5-3-9-22-14/h3,5-7,9-10H,2,4,8,11H2,1H3,(H,17,19). The maximum atomic E-state index is 12.1. The van der Waals surface area contributed by atoms with E-state index < -0.39 is 10.0 Å². The van der Waals surface area contributed by atoms with E-state index in [9.17, 15) is 13.2 Å². The van der Waals surface area contributed by atoms with Gasteiger partial charge in [-0.25, -0.2) is 8.42 Å². The monoisotopic (exact) mass is 350 g/mol. The molecule has 5 nitrogen and oxygen atoms in total. The van der Waals surface area contributed by atoms with Crippen molar-refractivity contribution in [1.82, 2.24) is 0 Å². The van der Waals surface area contributed by atoms with Crippen LogP contribution in [0.4, 0.5) is 11.4 Å². The van der Waals surface area contributed by atoms with E-state index in [0.717, 1.165) is 29.0 Å². The fourth-order valence-corrected chi connectivity index (χ4v) is 4.46. The molecule has 7 heteroatoms. The molecule has 1 N–H and O–H groups in total. The van der Waals surface area contributed by atoms with Crippen molar-refractivity contribution < 1.29 is 13.2 Å². The molecule has 1 amide bonds. The quantitative estimate of drug-likeness (QED) is 0.922. The Hall–Kier alpha value is -1.86. The summed E-state index contributed by atoms with van der Waals surface area (Å²) in [6.45, 7) is 0.510. The highest BCUT2D eigenvalue weighted by atomic mass is 32.2. The van der Waals surface area contributed by atoms with Crippen LogP contribution >= 0.6 is 11.3 Å². The van der Waals surface area contributed by atoms with E-state index in [1.54, 1.807) is 23.5 Å². The molecule has 1 aromatic carbocycles. The number of anilines is 2. The van der Waals surface area contributed by atoms with Crippen molar-refractivity contribution in [2.45, 2.75) is 19.3 Å². The van der Waals surface area contributed by atoms with Crippen LogP contribution in [0.1, 0.15) is 16.9 Å². The van der Waals surface area contributed by atoms with Gasteiger partial charge in [0, 0.05) is 17.1 Å². The molecule has 0 radical (unpaired) electrons. The fraction of sp³-hybridized carbons (Fsp3) is 0.312. The Balaban J connectivity index is 1.77. The maximum Gasteiger partial charge on any atom is 0.232 e. The summed E-state index contributed by atoms with van der Waals surface area (Å²) >= 11 is 1.55. The third kappa shape index (κ3) is 3.73. The summed E-state index contributed by atoms with van der Waals surface area (Å²) in [4.78, 5) is 13.1. The number of benzene rings is 1. The molecule has 0 unspecified atom stereocenters. The molecule has 3 rings (SSSR count). The van der Waals surface area contributed by atoms with E-state index >= 15 is 0 Å². The van der Waals surface area contributed by atoms with Crippen LogP contribution in [0.25, 0.3) is 0 Å². The topological polar surface area (TPSA) is 66.5 Å². The van der Waals surface area contributed by atoms with Crippen LogP contribution in [-0.4, -0.2) is 27.1 Å². The number of hydrogen-bond donors (Lipinski definition) is 1. The Morgan fingerprint density at radius 3 is 2.87 bits per heavy atom. The SMILES string of the molecule is CS(=O)(=O)N1CCCc2cc(NC(=O)Cc3cccs3)ccc21. The van der Waals surface area contributed by atoms with Crippen LogP contribution in [0, 0.1) is 0 Å². The molecule has 0 atom stereocenters. The van der Waals surface area contributed by atoms with Crippen molar-refractivity contribution in [1.29, 1.82) is 0 Å². The molecule has 0 aliphatic carbocycles. The number of amides is 1. The van der Waals surface area contributed by atoms with Crippen LogP contribution in [0.2, 0.25) is 0 Å². The number of nitrogens with one attached hydrogen (secondary N) is 1. The minimum atomic E-state index is -3.26. The first-order valence-electron chi connectivity index (χ1n) is 7.36. The molecule has 2 aromatic rings. The van der Waals surface area contributed by atoms with E-state index in [4.69, 9.17) is 0 Å². The predicted octanol–water partition coefficient (Wildman–Crippen LogP) is 2.64. The normalized spacial score (nSPS) is 14.4. The number of aryl methyl sites for hydroxylation is 1. The smallest absolute Gasteiger partial charge is 0.232 e. The highest BCUT2D eigenvalue weighted by Crippen LogP contribution is 2.31. The van der Waals surface area contributed by atoms with Gasteiger partial charge in [0.15, 0.2) is 0 Å². The van der Waals surface area contributed by atoms with Crippen molar-refractivity contribution >= 4 is 38.6 Å². The number of carbonyl (C=O) groups excluding carboxylic acids is 1. The van der Waals surface area contributed by atoms with Gasteiger partial charge in [-0.3, -0.25) is 9.10 Å². The van der Waals surface area contributed by atoms with Gasteiger partial charge in [0.05, 0.1) is 18.4 Å². The second-order valence-electron chi connectivity index (χ2n) is 5.59. The number of carbonyl (C=O) groups is 1. The molecule has 1 aromatic heterocycles. The molecule has 0 bridgehead atoms. The Morgan fingerprint density at radius 2 is 2.17 bits per heavy atom. The highest BCUT2D eigenvalue weighted by molar-refractivity contribution is 7.92.